The van der Waals surface area contributed by atoms with Gasteiger partial charge in [-0.05, 0) is 18.4 Å². The van der Waals surface area contributed by atoms with Gasteiger partial charge >= 0.3 is 5.97 Å². The van der Waals surface area contributed by atoms with E-state index in [9.17, 15) is 13.6 Å². The molecule has 1 atom stereocenters. The number of pyridine rings is 1. The molecule has 170 valence electrons. The van der Waals surface area contributed by atoms with Gasteiger partial charge in [-0.2, -0.15) is 0 Å². The summed E-state index contributed by atoms with van der Waals surface area (Å²) in [5.41, 5.74) is 0.698. The van der Waals surface area contributed by atoms with Crippen LogP contribution in [0.2, 0.25) is 0 Å². The summed E-state index contributed by atoms with van der Waals surface area (Å²) in [6.07, 6.45) is 6.86. The summed E-state index contributed by atoms with van der Waals surface area (Å²) < 4.78 is 35.2. The van der Waals surface area contributed by atoms with Gasteiger partial charge in [0.05, 0.1) is 25.0 Å². The van der Waals surface area contributed by atoms with Crippen molar-refractivity contribution in [1.82, 2.24) is 18.9 Å². The Morgan fingerprint density at radius 3 is 2.75 bits per heavy atom. The second-order valence-electron chi connectivity index (χ2n) is 7.95. The molecular weight excluding hydrogens is 551 g/mol. The summed E-state index contributed by atoms with van der Waals surface area (Å²) in [6, 6.07) is 0.912. The van der Waals surface area contributed by atoms with Crippen LogP contribution in [0.15, 0.2) is 36.8 Å². The van der Waals surface area contributed by atoms with Crippen LogP contribution in [-0.4, -0.2) is 37.5 Å². The Kier molecular flexibility index (Phi) is 7.70. The first-order chi connectivity index (χ1) is 15.1. The number of ether oxygens (including phenoxy) is 1. The van der Waals surface area contributed by atoms with Gasteiger partial charge < -0.3 is 10.1 Å². The number of carbonyl (C=O) groups excluding carboxylic acids is 1. The van der Waals surface area contributed by atoms with E-state index in [4.69, 9.17) is 4.74 Å². The van der Waals surface area contributed by atoms with Crippen molar-refractivity contribution in [3.05, 3.63) is 48.4 Å². The summed E-state index contributed by atoms with van der Waals surface area (Å²) >= 11 is 2.09. The van der Waals surface area contributed by atoms with E-state index >= 15 is 0 Å². The van der Waals surface area contributed by atoms with Gasteiger partial charge in [-0.15, -0.1) is 0 Å². The lowest BCUT2D eigenvalue weighted by molar-refractivity contribution is -0.137. The smallest absolute Gasteiger partial charge is 0.330 e. The highest BCUT2D eigenvalue weighted by molar-refractivity contribution is 14.2. The highest BCUT2D eigenvalue weighted by Crippen LogP contribution is 2.33. The highest BCUT2D eigenvalue weighted by atomic mass is 127. The lowest BCUT2D eigenvalue weighted by Gasteiger charge is -2.29. The van der Waals surface area contributed by atoms with Crippen molar-refractivity contribution in [2.45, 2.75) is 33.7 Å². The fourth-order valence-electron chi connectivity index (χ4n) is 2.95. The van der Waals surface area contributed by atoms with E-state index < -0.39 is 23.6 Å². The lowest BCUT2D eigenvalue weighted by atomic mass is 9.86. The molecule has 32 heavy (non-hydrogen) atoms. The first kappa shape index (κ1) is 24.4. The largest absolute Gasteiger partial charge is 0.463 e. The maximum Gasteiger partial charge on any atom is 0.330 e. The Morgan fingerprint density at radius 2 is 2.09 bits per heavy atom. The highest BCUT2D eigenvalue weighted by Gasteiger charge is 2.25. The molecule has 0 aliphatic carbocycles. The Morgan fingerprint density at radius 1 is 1.34 bits per heavy atom. The van der Waals surface area contributed by atoms with Crippen LogP contribution >= 0.6 is 30.3 Å². The number of hydrogen-bond acceptors (Lipinski definition) is 7. The minimum Gasteiger partial charge on any atom is -0.463 e. The number of nitrogens with one attached hydrogen (secondary N) is 1. The number of esters is 1. The second kappa shape index (κ2) is 10.1. The van der Waals surface area contributed by atoms with Crippen molar-refractivity contribution in [2.75, 3.05) is 11.9 Å². The van der Waals surface area contributed by atoms with E-state index in [0.29, 0.717) is 16.6 Å². The average molecular weight is 573 g/mol. The Hall–Kier alpha value is -2.28. The van der Waals surface area contributed by atoms with Gasteiger partial charge in [-0.1, -0.05) is 26.8 Å². The molecule has 7 nitrogen and oxygen atoms in total. The van der Waals surface area contributed by atoms with E-state index in [0.717, 1.165) is 12.4 Å². The lowest BCUT2D eigenvalue weighted by Crippen LogP contribution is -2.33. The summed E-state index contributed by atoms with van der Waals surface area (Å²) in [4.78, 5) is 24.4. The number of carbonyl (C=O) groups is 1. The number of nitrogens with zero attached hydrogens (tertiary/aromatic N) is 4. The van der Waals surface area contributed by atoms with Gasteiger partial charge in [-0.25, -0.2) is 28.5 Å². The fourth-order valence-corrected chi connectivity index (χ4v) is 4.21. The van der Waals surface area contributed by atoms with E-state index in [1.54, 1.807) is 23.2 Å². The minimum atomic E-state index is -0.649. The summed E-state index contributed by atoms with van der Waals surface area (Å²) in [5, 5.41) is 3.57. The number of hydrogen-bond donors (Lipinski definition) is 1. The number of halogens is 3. The SMILES string of the molecule is CCOC(=O)/C=C/C(Nc1nc(-c2cn(SI)c3ncc(F)cc23)ncc1F)C(C)(C)C. The van der Waals surface area contributed by atoms with Crippen molar-refractivity contribution in [2.24, 2.45) is 5.41 Å². The van der Waals surface area contributed by atoms with Gasteiger partial charge in [0.15, 0.2) is 23.1 Å². The molecule has 1 N–H and O–H groups in total. The van der Waals surface area contributed by atoms with Crippen LogP contribution in [0.1, 0.15) is 27.7 Å². The van der Waals surface area contributed by atoms with Crippen molar-refractivity contribution in [3.8, 4) is 11.4 Å². The molecule has 11 heteroatoms. The van der Waals surface area contributed by atoms with Crippen LogP contribution in [0.4, 0.5) is 14.6 Å². The number of anilines is 1. The third-order valence-corrected chi connectivity index (χ3v) is 6.27. The van der Waals surface area contributed by atoms with E-state index in [2.05, 4.69) is 41.5 Å². The molecule has 0 saturated heterocycles. The molecule has 3 aromatic heterocycles. The van der Waals surface area contributed by atoms with E-state index in [1.807, 2.05) is 20.8 Å². The molecule has 0 amide bonds. The second-order valence-corrected chi connectivity index (χ2v) is 9.66. The normalized spacial score (nSPS) is 13.0. The average Bonchev–Trinajstić information content (AvgIpc) is 3.09. The van der Waals surface area contributed by atoms with E-state index in [-0.39, 0.29) is 23.7 Å². The van der Waals surface area contributed by atoms with Crippen LogP contribution in [0, 0.1) is 17.0 Å². The molecule has 0 radical (unpaired) electrons. The molecule has 0 aliphatic heterocycles. The molecule has 1 unspecified atom stereocenters. The van der Waals surface area contributed by atoms with Crippen LogP contribution in [-0.2, 0) is 9.53 Å². The van der Waals surface area contributed by atoms with Crippen molar-refractivity contribution >= 4 is 53.1 Å². The summed E-state index contributed by atoms with van der Waals surface area (Å²) in [5.74, 6) is -1.43. The zero-order chi connectivity index (χ0) is 23.5. The molecule has 0 aliphatic rings. The topological polar surface area (TPSA) is 81.9 Å². The van der Waals surface area contributed by atoms with Crippen LogP contribution in [0.5, 0.6) is 0 Å². The van der Waals surface area contributed by atoms with Crippen LogP contribution < -0.4 is 5.32 Å². The number of aromatic nitrogens is 4. The molecule has 0 spiro atoms. The molecular formula is C21H22F2IN5O2S. The Labute approximate surface area is 200 Å². The van der Waals surface area contributed by atoms with Crippen molar-refractivity contribution < 1.29 is 18.3 Å². The van der Waals surface area contributed by atoms with Gasteiger partial charge in [0.25, 0.3) is 0 Å². The monoisotopic (exact) mass is 573 g/mol. The maximum atomic E-state index is 14.6. The first-order valence-corrected chi connectivity index (χ1v) is 13.1. The van der Waals surface area contributed by atoms with Gasteiger partial charge in [-0.3, -0.25) is 3.97 Å². The zero-order valence-corrected chi connectivity index (χ0v) is 20.9. The Balaban J connectivity index is 2.01. The zero-order valence-electron chi connectivity index (χ0n) is 17.9. The van der Waals surface area contributed by atoms with Gasteiger partial charge in [0, 0.05) is 53.5 Å². The summed E-state index contributed by atoms with van der Waals surface area (Å²) in [6.45, 7) is 7.82. The number of fused-ring (bicyclic) bond motifs is 1. The van der Waals surface area contributed by atoms with Crippen LogP contribution in [0.3, 0.4) is 0 Å². The third-order valence-electron chi connectivity index (χ3n) is 4.57. The molecule has 3 heterocycles. The fraction of sp³-hybridized carbons (Fsp3) is 0.333. The molecule has 3 aromatic rings. The van der Waals surface area contributed by atoms with Crippen molar-refractivity contribution in [1.29, 1.82) is 0 Å². The Bertz CT molecular complexity index is 1160. The number of rotatable bonds is 7. The van der Waals surface area contributed by atoms with Crippen molar-refractivity contribution in [3.63, 3.8) is 0 Å². The van der Waals surface area contributed by atoms with E-state index in [1.165, 1.54) is 21.3 Å². The predicted molar refractivity (Wildman–Crippen MR) is 130 cm³/mol. The molecule has 0 bridgehead atoms. The molecule has 0 aromatic carbocycles. The maximum absolute atomic E-state index is 14.6. The first-order valence-electron chi connectivity index (χ1n) is 9.74. The van der Waals surface area contributed by atoms with Gasteiger partial charge in [0.1, 0.15) is 5.82 Å². The molecule has 0 saturated carbocycles. The van der Waals surface area contributed by atoms with Crippen LogP contribution in [0.25, 0.3) is 22.4 Å². The quantitative estimate of drug-likeness (QED) is 0.225. The minimum absolute atomic E-state index is 0.0316. The van der Waals surface area contributed by atoms with Gasteiger partial charge in [0.2, 0.25) is 0 Å². The molecule has 3 rings (SSSR count). The predicted octanol–water partition coefficient (Wildman–Crippen LogP) is 5.56. The third kappa shape index (κ3) is 5.55. The standard InChI is InChI=1S/C21H22F2IN5O2S/c1-5-31-17(30)7-6-16(21(2,3)4)27-19-15(23)10-25-18(28-19)14-11-29(32-24)20-13(14)8-12(22)9-26-20/h6-11,16H,5H2,1-4H3,(H,25,27,28)/b7-6+. The summed E-state index contributed by atoms with van der Waals surface area (Å²) in [7, 11) is 1.36. The molecule has 0 fully saturated rings.